The molecular formula is C24H30N2O5S. The van der Waals surface area contributed by atoms with E-state index in [0.29, 0.717) is 25.4 Å². The zero-order chi connectivity index (χ0) is 22.5. The molecule has 0 spiro atoms. The van der Waals surface area contributed by atoms with Crippen LogP contribution >= 0.6 is 11.3 Å². The molecule has 2 amide bonds. The van der Waals surface area contributed by atoms with Crippen molar-refractivity contribution >= 4 is 23.2 Å². The van der Waals surface area contributed by atoms with Crippen LogP contribution in [0.25, 0.3) is 0 Å². The average molecular weight is 459 g/mol. The molecular weight excluding hydrogens is 428 g/mol. The predicted molar refractivity (Wildman–Crippen MR) is 122 cm³/mol. The molecule has 7 nitrogen and oxygen atoms in total. The molecule has 1 unspecified atom stereocenters. The quantitative estimate of drug-likeness (QED) is 0.574. The molecule has 0 saturated carbocycles. The Balaban J connectivity index is 1.50. The van der Waals surface area contributed by atoms with Gasteiger partial charge in [-0.1, -0.05) is 26.0 Å². The fourth-order valence-corrected chi connectivity index (χ4v) is 4.70. The van der Waals surface area contributed by atoms with Crippen LogP contribution in [0, 0.1) is 5.92 Å². The van der Waals surface area contributed by atoms with E-state index in [1.165, 1.54) is 0 Å². The van der Waals surface area contributed by atoms with Gasteiger partial charge < -0.3 is 24.0 Å². The summed E-state index contributed by atoms with van der Waals surface area (Å²) in [6.07, 6.45) is 1.92. The summed E-state index contributed by atoms with van der Waals surface area (Å²) >= 11 is 1.62. The normalized spacial score (nSPS) is 17.0. The first-order valence-corrected chi connectivity index (χ1v) is 12.0. The van der Waals surface area contributed by atoms with E-state index < -0.39 is 0 Å². The van der Waals surface area contributed by atoms with Crippen LogP contribution in [0.4, 0.5) is 0 Å². The first-order valence-electron chi connectivity index (χ1n) is 11.1. The second-order valence-electron chi connectivity index (χ2n) is 8.53. The summed E-state index contributed by atoms with van der Waals surface area (Å²) < 4.78 is 16.6. The maximum Gasteiger partial charge on any atom is 0.242 e. The first kappa shape index (κ1) is 22.6. The van der Waals surface area contributed by atoms with Gasteiger partial charge in [-0.25, -0.2) is 0 Å². The van der Waals surface area contributed by atoms with E-state index in [4.69, 9.17) is 14.2 Å². The Labute approximate surface area is 192 Å². The van der Waals surface area contributed by atoms with Crippen LogP contribution in [-0.2, 0) is 27.4 Å². The summed E-state index contributed by atoms with van der Waals surface area (Å²) in [6.45, 7) is 6.10. The summed E-state index contributed by atoms with van der Waals surface area (Å²) in [7, 11) is 0. The molecule has 2 aromatic rings. The van der Waals surface area contributed by atoms with E-state index in [0.717, 1.165) is 35.6 Å². The van der Waals surface area contributed by atoms with Crippen molar-refractivity contribution in [1.29, 1.82) is 0 Å². The number of hydrogen-bond donors (Lipinski definition) is 0. The maximum atomic E-state index is 13.5. The van der Waals surface area contributed by atoms with Gasteiger partial charge in [-0.2, -0.15) is 0 Å². The largest absolute Gasteiger partial charge is 0.454 e. The predicted octanol–water partition coefficient (Wildman–Crippen LogP) is 3.67. The molecule has 1 aromatic carbocycles. The molecule has 0 bridgehead atoms. The van der Waals surface area contributed by atoms with Crippen LogP contribution in [0.2, 0.25) is 0 Å². The highest BCUT2D eigenvalue weighted by atomic mass is 32.1. The molecule has 1 aromatic heterocycles. The van der Waals surface area contributed by atoms with E-state index in [2.05, 4.69) is 0 Å². The molecule has 3 heterocycles. The van der Waals surface area contributed by atoms with Gasteiger partial charge in [0.2, 0.25) is 18.6 Å². The molecule has 1 fully saturated rings. The summed E-state index contributed by atoms with van der Waals surface area (Å²) in [5.41, 5.74) is 0.958. The Morgan fingerprint density at radius 1 is 1.12 bits per heavy atom. The number of ether oxygens (including phenoxy) is 3. The van der Waals surface area contributed by atoms with Crippen LogP contribution in [-0.4, -0.2) is 54.2 Å². The summed E-state index contributed by atoms with van der Waals surface area (Å²) in [6, 6.07) is 9.74. The van der Waals surface area contributed by atoms with Gasteiger partial charge in [0.05, 0.1) is 19.2 Å². The van der Waals surface area contributed by atoms with Crippen LogP contribution in [0.3, 0.4) is 0 Å². The third-order valence-electron chi connectivity index (χ3n) is 5.67. The van der Waals surface area contributed by atoms with Crippen molar-refractivity contribution < 1.29 is 23.8 Å². The second kappa shape index (κ2) is 10.4. The third kappa shape index (κ3) is 5.61. The standard InChI is InChI=1S/C24H30N2O5S/c1-17(2)24(28)26(13-19-5-3-9-29-19)15-23(27)25(14-20-6-4-10-32-20)12-18-7-8-21-22(11-18)31-16-30-21/h4,6-8,10-11,17,19H,3,5,9,12-16H2,1-2H3. The number of benzene rings is 1. The highest BCUT2D eigenvalue weighted by molar-refractivity contribution is 7.09. The van der Waals surface area contributed by atoms with Crippen molar-refractivity contribution in [2.75, 3.05) is 26.5 Å². The maximum absolute atomic E-state index is 13.5. The van der Waals surface area contributed by atoms with Gasteiger partial charge in [0.1, 0.15) is 0 Å². The highest BCUT2D eigenvalue weighted by Crippen LogP contribution is 2.33. The molecule has 1 saturated heterocycles. The molecule has 0 aliphatic carbocycles. The molecule has 1 atom stereocenters. The minimum Gasteiger partial charge on any atom is -0.454 e. The molecule has 8 heteroatoms. The lowest BCUT2D eigenvalue weighted by Crippen LogP contribution is -2.46. The number of hydrogen-bond acceptors (Lipinski definition) is 6. The van der Waals surface area contributed by atoms with Gasteiger partial charge in [0.15, 0.2) is 11.5 Å². The van der Waals surface area contributed by atoms with Crippen LogP contribution in [0.5, 0.6) is 11.5 Å². The lowest BCUT2D eigenvalue weighted by molar-refractivity contribution is -0.144. The molecule has 4 rings (SSSR count). The smallest absolute Gasteiger partial charge is 0.242 e. The van der Waals surface area contributed by atoms with Crippen LogP contribution in [0.15, 0.2) is 35.7 Å². The van der Waals surface area contributed by atoms with Gasteiger partial charge in [-0.05, 0) is 42.0 Å². The Morgan fingerprint density at radius 3 is 2.69 bits per heavy atom. The molecule has 32 heavy (non-hydrogen) atoms. The molecule has 0 radical (unpaired) electrons. The van der Waals surface area contributed by atoms with Crippen LogP contribution < -0.4 is 9.47 Å². The SMILES string of the molecule is CC(C)C(=O)N(CC(=O)N(Cc1ccc2c(c1)OCO2)Cc1cccs1)CC1CCCO1. The number of fused-ring (bicyclic) bond motifs is 1. The van der Waals surface area contributed by atoms with Gasteiger partial charge in [0.25, 0.3) is 0 Å². The van der Waals surface area contributed by atoms with E-state index in [1.807, 2.05) is 49.6 Å². The van der Waals surface area contributed by atoms with Crippen molar-refractivity contribution in [1.82, 2.24) is 9.80 Å². The fourth-order valence-electron chi connectivity index (χ4n) is 3.98. The zero-order valence-electron chi connectivity index (χ0n) is 18.6. The van der Waals surface area contributed by atoms with Crippen molar-refractivity contribution in [2.24, 2.45) is 5.92 Å². The van der Waals surface area contributed by atoms with Gasteiger partial charge >= 0.3 is 0 Å². The monoisotopic (exact) mass is 458 g/mol. The summed E-state index contributed by atoms with van der Waals surface area (Å²) in [5, 5.41) is 2.00. The van der Waals surface area contributed by atoms with Crippen molar-refractivity contribution in [3.05, 3.63) is 46.2 Å². The molecule has 2 aliphatic heterocycles. The number of nitrogens with zero attached hydrogens (tertiary/aromatic N) is 2. The fraction of sp³-hybridized carbons (Fsp3) is 0.500. The average Bonchev–Trinajstić information content (AvgIpc) is 3.54. The Morgan fingerprint density at radius 2 is 1.97 bits per heavy atom. The Bertz CT molecular complexity index is 924. The van der Waals surface area contributed by atoms with Gasteiger partial charge in [0, 0.05) is 30.5 Å². The number of amides is 2. The number of thiophene rings is 1. The second-order valence-corrected chi connectivity index (χ2v) is 9.56. The zero-order valence-corrected chi connectivity index (χ0v) is 19.4. The topological polar surface area (TPSA) is 68.3 Å². The van der Waals surface area contributed by atoms with Gasteiger partial charge in [-0.15, -0.1) is 11.3 Å². The van der Waals surface area contributed by atoms with Crippen molar-refractivity contribution in [3.8, 4) is 11.5 Å². The van der Waals surface area contributed by atoms with E-state index >= 15 is 0 Å². The number of carbonyl (C=O) groups excluding carboxylic acids is 2. The summed E-state index contributed by atoms with van der Waals surface area (Å²) in [4.78, 5) is 30.9. The van der Waals surface area contributed by atoms with Crippen molar-refractivity contribution in [3.63, 3.8) is 0 Å². The van der Waals surface area contributed by atoms with Gasteiger partial charge in [-0.3, -0.25) is 9.59 Å². The highest BCUT2D eigenvalue weighted by Gasteiger charge is 2.28. The molecule has 2 aliphatic rings. The van der Waals surface area contributed by atoms with E-state index in [9.17, 15) is 9.59 Å². The lowest BCUT2D eigenvalue weighted by atomic mass is 10.1. The minimum atomic E-state index is -0.177. The third-order valence-corrected chi connectivity index (χ3v) is 6.53. The van der Waals surface area contributed by atoms with Crippen LogP contribution in [0.1, 0.15) is 37.1 Å². The van der Waals surface area contributed by atoms with Crippen molar-refractivity contribution in [2.45, 2.75) is 45.9 Å². The number of rotatable bonds is 9. The number of carbonyl (C=O) groups is 2. The Hall–Kier alpha value is -2.58. The summed E-state index contributed by atoms with van der Waals surface area (Å²) in [5.74, 6) is 1.14. The molecule has 172 valence electrons. The first-order chi connectivity index (χ1) is 15.5. The minimum absolute atomic E-state index is 0.00473. The molecule has 0 N–H and O–H groups in total. The van der Waals surface area contributed by atoms with E-state index in [-0.39, 0.29) is 37.2 Å². The van der Waals surface area contributed by atoms with E-state index in [1.54, 1.807) is 21.1 Å². The lowest BCUT2D eigenvalue weighted by Gasteiger charge is -2.30. The Kier molecular flexibility index (Phi) is 7.32.